The number of nitrogens with zero attached hydrogens (tertiary/aromatic N) is 2. The average Bonchev–Trinajstić information content (AvgIpc) is 2.43. The maximum absolute atomic E-state index is 10.4. The highest BCUT2D eigenvalue weighted by molar-refractivity contribution is 6.30. The number of hydrogen-bond acceptors (Lipinski definition) is 3. The van der Waals surface area contributed by atoms with Gasteiger partial charge in [-0.25, -0.2) is 14.8 Å². The van der Waals surface area contributed by atoms with E-state index in [4.69, 9.17) is 16.7 Å². The molecular formula is C15H16ClN3O2. The molecular weight excluding hydrogens is 290 g/mol. The van der Waals surface area contributed by atoms with Crippen LogP contribution in [-0.2, 0) is 6.42 Å². The van der Waals surface area contributed by atoms with E-state index in [0.29, 0.717) is 30.2 Å². The molecule has 110 valence electrons. The van der Waals surface area contributed by atoms with E-state index in [0.717, 1.165) is 17.0 Å². The second kappa shape index (κ2) is 7.04. The summed E-state index contributed by atoms with van der Waals surface area (Å²) in [5.74, 6) is 0.698. The van der Waals surface area contributed by atoms with E-state index in [1.807, 2.05) is 37.3 Å². The quantitative estimate of drug-likeness (QED) is 0.831. The first-order chi connectivity index (χ1) is 10.0. The van der Waals surface area contributed by atoms with Crippen LogP contribution in [0.5, 0.6) is 0 Å². The van der Waals surface area contributed by atoms with Gasteiger partial charge in [-0.3, -0.25) is 0 Å². The van der Waals surface area contributed by atoms with Crippen molar-refractivity contribution in [2.24, 2.45) is 0 Å². The molecule has 0 aliphatic rings. The third kappa shape index (κ3) is 4.72. The molecule has 0 radical (unpaired) electrons. The van der Waals surface area contributed by atoms with Crippen LogP contribution in [-0.4, -0.2) is 27.7 Å². The fraction of sp³-hybridized carbons (Fsp3) is 0.267. The van der Waals surface area contributed by atoms with Crippen LogP contribution < -0.4 is 5.32 Å². The Morgan fingerprint density at radius 2 is 2.00 bits per heavy atom. The van der Waals surface area contributed by atoms with Crippen LogP contribution in [0.25, 0.3) is 11.3 Å². The topological polar surface area (TPSA) is 75.1 Å². The molecule has 0 spiro atoms. The van der Waals surface area contributed by atoms with Gasteiger partial charge in [0.25, 0.3) is 0 Å². The number of amides is 1. The highest BCUT2D eigenvalue weighted by Gasteiger charge is 2.05. The standard InChI is InChI=1S/C15H16ClN3O2/c1-10-18-13(3-2-8-17-15(20)21)9-14(19-10)11-4-6-12(16)7-5-11/h4-7,9,17H,2-3,8H2,1H3,(H,20,21). The van der Waals surface area contributed by atoms with E-state index in [1.165, 1.54) is 0 Å². The number of halogens is 1. The number of carboxylic acid groups (broad SMARTS) is 1. The van der Waals surface area contributed by atoms with Crippen molar-refractivity contribution >= 4 is 17.7 Å². The zero-order valence-electron chi connectivity index (χ0n) is 11.6. The molecule has 1 amide bonds. The number of rotatable bonds is 5. The van der Waals surface area contributed by atoms with Gasteiger partial charge in [0.15, 0.2) is 0 Å². The summed E-state index contributed by atoms with van der Waals surface area (Å²) < 4.78 is 0. The van der Waals surface area contributed by atoms with Crippen molar-refractivity contribution in [2.45, 2.75) is 19.8 Å². The number of carbonyl (C=O) groups is 1. The van der Waals surface area contributed by atoms with E-state index in [9.17, 15) is 4.79 Å². The minimum absolute atomic E-state index is 0.411. The summed E-state index contributed by atoms with van der Waals surface area (Å²) in [4.78, 5) is 19.2. The fourth-order valence-corrected chi connectivity index (χ4v) is 2.12. The van der Waals surface area contributed by atoms with Crippen LogP contribution in [0.4, 0.5) is 4.79 Å². The van der Waals surface area contributed by atoms with Gasteiger partial charge in [0.1, 0.15) is 5.82 Å². The van der Waals surface area contributed by atoms with Crippen molar-refractivity contribution in [1.82, 2.24) is 15.3 Å². The van der Waals surface area contributed by atoms with Crippen molar-refractivity contribution in [3.63, 3.8) is 0 Å². The molecule has 1 aromatic carbocycles. The molecule has 0 aliphatic heterocycles. The second-order valence-electron chi connectivity index (χ2n) is 4.63. The maximum Gasteiger partial charge on any atom is 0.404 e. The molecule has 6 heteroatoms. The second-order valence-corrected chi connectivity index (χ2v) is 5.07. The number of aromatic nitrogens is 2. The van der Waals surface area contributed by atoms with Crippen LogP contribution in [0.15, 0.2) is 30.3 Å². The third-order valence-corrected chi connectivity index (χ3v) is 3.17. The highest BCUT2D eigenvalue weighted by atomic mass is 35.5. The zero-order chi connectivity index (χ0) is 15.2. The Morgan fingerprint density at radius 1 is 1.29 bits per heavy atom. The minimum Gasteiger partial charge on any atom is -0.465 e. The van der Waals surface area contributed by atoms with E-state index in [2.05, 4.69) is 15.3 Å². The van der Waals surface area contributed by atoms with Gasteiger partial charge in [0, 0.05) is 22.8 Å². The van der Waals surface area contributed by atoms with Crippen LogP contribution in [0.3, 0.4) is 0 Å². The number of nitrogens with one attached hydrogen (secondary N) is 1. The van der Waals surface area contributed by atoms with Gasteiger partial charge in [0.05, 0.1) is 5.69 Å². The van der Waals surface area contributed by atoms with E-state index < -0.39 is 6.09 Å². The lowest BCUT2D eigenvalue weighted by atomic mass is 10.1. The normalized spacial score (nSPS) is 10.4. The first-order valence-electron chi connectivity index (χ1n) is 6.62. The molecule has 2 rings (SSSR count). The van der Waals surface area contributed by atoms with Crippen LogP contribution in [0.2, 0.25) is 5.02 Å². The van der Waals surface area contributed by atoms with Crippen LogP contribution >= 0.6 is 11.6 Å². The van der Waals surface area contributed by atoms with Crippen molar-refractivity contribution in [3.8, 4) is 11.3 Å². The summed E-state index contributed by atoms with van der Waals surface area (Å²) in [6.45, 7) is 2.26. The number of hydrogen-bond donors (Lipinski definition) is 2. The molecule has 0 aliphatic carbocycles. The zero-order valence-corrected chi connectivity index (χ0v) is 12.4. The molecule has 0 saturated heterocycles. The SMILES string of the molecule is Cc1nc(CCCNC(=O)O)cc(-c2ccc(Cl)cc2)n1. The van der Waals surface area contributed by atoms with Crippen molar-refractivity contribution < 1.29 is 9.90 Å². The predicted octanol–water partition coefficient (Wildman–Crippen LogP) is 3.31. The summed E-state index contributed by atoms with van der Waals surface area (Å²) in [5, 5.41) is 11.5. The Bertz CT molecular complexity index is 629. The predicted molar refractivity (Wildman–Crippen MR) is 81.6 cm³/mol. The van der Waals surface area contributed by atoms with Gasteiger partial charge in [-0.1, -0.05) is 23.7 Å². The lowest BCUT2D eigenvalue weighted by Crippen LogP contribution is -2.22. The first-order valence-corrected chi connectivity index (χ1v) is 6.99. The molecule has 1 heterocycles. The Morgan fingerprint density at radius 3 is 2.67 bits per heavy atom. The summed E-state index contributed by atoms with van der Waals surface area (Å²) in [5.41, 5.74) is 2.73. The Balaban J connectivity index is 2.10. The van der Waals surface area contributed by atoms with Crippen LogP contribution in [0.1, 0.15) is 17.9 Å². The van der Waals surface area contributed by atoms with Gasteiger partial charge < -0.3 is 10.4 Å². The third-order valence-electron chi connectivity index (χ3n) is 2.92. The smallest absolute Gasteiger partial charge is 0.404 e. The van der Waals surface area contributed by atoms with Gasteiger partial charge >= 0.3 is 6.09 Å². The summed E-state index contributed by atoms with van der Waals surface area (Å²) >= 11 is 5.88. The summed E-state index contributed by atoms with van der Waals surface area (Å²) in [6, 6.07) is 9.41. The highest BCUT2D eigenvalue weighted by Crippen LogP contribution is 2.20. The van der Waals surface area contributed by atoms with Crippen molar-refractivity contribution in [3.05, 3.63) is 46.9 Å². The molecule has 1 aromatic heterocycles. The lowest BCUT2D eigenvalue weighted by molar-refractivity contribution is 0.194. The van der Waals surface area contributed by atoms with Gasteiger partial charge in [-0.15, -0.1) is 0 Å². The maximum atomic E-state index is 10.4. The number of benzene rings is 1. The largest absolute Gasteiger partial charge is 0.465 e. The summed E-state index contributed by atoms with van der Waals surface area (Å²) in [6.07, 6.45) is 0.392. The monoisotopic (exact) mass is 305 g/mol. The average molecular weight is 306 g/mol. The van der Waals surface area contributed by atoms with E-state index >= 15 is 0 Å². The fourth-order valence-electron chi connectivity index (χ4n) is 1.99. The van der Waals surface area contributed by atoms with E-state index in [1.54, 1.807) is 0 Å². The molecule has 21 heavy (non-hydrogen) atoms. The molecule has 0 fully saturated rings. The lowest BCUT2D eigenvalue weighted by Gasteiger charge is -2.07. The Labute approximate surface area is 128 Å². The Kier molecular flexibility index (Phi) is 5.11. The van der Waals surface area contributed by atoms with Gasteiger partial charge in [0.2, 0.25) is 0 Å². The van der Waals surface area contributed by atoms with Crippen molar-refractivity contribution in [2.75, 3.05) is 6.54 Å². The number of aryl methyl sites for hydroxylation is 2. The molecule has 0 unspecified atom stereocenters. The van der Waals surface area contributed by atoms with Gasteiger partial charge in [-0.05, 0) is 38.0 Å². The molecule has 0 atom stereocenters. The first kappa shape index (κ1) is 15.3. The summed E-state index contributed by atoms with van der Waals surface area (Å²) in [7, 11) is 0. The van der Waals surface area contributed by atoms with Crippen LogP contribution in [0, 0.1) is 6.92 Å². The Hall–Kier alpha value is -2.14. The van der Waals surface area contributed by atoms with Crippen molar-refractivity contribution in [1.29, 1.82) is 0 Å². The van der Waals surface area contributed by atoms with Gasteiger partial charge in [-0.2, -0.15) is 0 Å². The molecule has 0 bridgehead atoms. The molecule has 2 aromatic rings. The molecule has 0 saturated carbocycles. The molecule has 5 nitrogen and oxygen atoms in total. The van der Waals surface area contributed by atoms with E-state index in [-0.39, 0.29) is 0 Å². The molecule has 2 N–H and O–H groups in total. The minimum atomic E-state index is -1.00.